The van der Waals surface area contributed by atoms with E-state index in [1.807, 2.05) is 18.2 Å². The van der Waals surface area contributed by atoms with Crippen LogP contribution in [0.1, 0.15) is 26.3 Å². The number of hydrogen-bond acceptors (Lipinski definition) is 3. The summed E-state index contributed by atoms with van der Waals surface area (Å²) in [5.41, 5.74) is 1.76. The second-order valence-corrected chi connectivity index (χ2v) is 7.03. The summed E-state index contributed by atoms with van der Waals surface area (Å²) < 4.78 is 6.29. The number of hydrogen-bond donors (Lipinski definition) is 0. The highest BCUT2D eigenvalue weighted by molar-refractivity contribution is 9.10. The molecule has 0 radical (unpaired) electrons. The van der Waals surface area contributed by atoms with Gasteiger partial charge in [0.05, 0.1) is 5.56 Å². The minimum Gasteiger partial charge on any atom is -0.423 e. The smallest absolute Gasteiger partial charge is 0.343 e. The highest BCUT2D eigenvalue weighted by atomic mass is 79.9. The first-order chi connectivity index (χ1) is 13.0. The third-order valence-corrected chi connectivity index (χ3v) is 4.49. The largest absolute Gasteiger partial charge is 0.423 e. The number of esters is 1. The van der Waals surface area contributed by atoms with E-state index in [2.05, 4.69) is 15.9 Å². The Kier molecular flexibility index (Phi) is 6.22. The lowest BCUT2D eigenvalue weighted by atomic mass is 10.1. The van der Waals surface area contributed by atoms with E-state index < -0.39 is 5.97 Å². The third-order valence-electron chi connectivity index (χ3n) is 3.70. The molecule has 0 fully saturated rings. The van der Waals surface area contributed by atoms with Crippen molar-refractivity contribution in [3.05, 3.63) is 105 Å². The highest BCUT2D eigenvalue weighted by Gasteiger charge is 2.08. The average molecular weight is 442 g/mol. The van der Waals surface area contributed by atoms with E-state index in [4.69, 9.17) is 16.3 Å². The molecule has 0 aromatic heterocycles. The van der Waals surface area contributed by atoms with Gasteiger partial charge in [0.1, 0.15) is 5.75 Å². The number of benzene rings is 3. The van der Waals surface area contributed by atoms with Gasteiger partial charge in [-0.15, -0.1) is 0 Å². The van der Waals surface area contributed by atoms with Gasteiger partial charge in [0, 0.05) is 15.1 Å². The number of rotatable bonds is 5. The van der Waals surface area contributed by atoms with E-state index in [1.165, 1.54) is 6.08 Å². The molecule has 0 aliphatic carbocycles. The Bertz CT molecular complexity index is 993. The van der Waals surface area contributed by atoms with Crippen LogP contribution in [0.3, 0.4) is 0 Å². The second kappa shape index (κ2) is 8.80. The maximum atomic E-state index is 12.2. The molecule has 0 atom stereocenters. The van der Waals surface area contributed by atoms with Crippen LogP contribution in [0.2, 0.25) is 5.02 Å². The van der Waals surface area contributed by atoms with Crippen molar-refractivity contribution < 1.29 is 14.3 Å². The van der Waals surface area contributed by atoms with Crippen LogP contribution in [0.25, 0.3) is 6.08 Å². The molecule has 5 heteroatoms. The maximum absolute atomic E-state index is 12.2. The lowest BCUT2D eigenvalue weighted by Crippen LogP contribution is -2.08. The van der Waals surface area contributed by atoms with Gasteiger partial charge in [-0.25, -0.2) is 4.79 Å². The van der Waals surface area contributed by atoms with Crippen LogP contribution in [0.4, 0.5) is 0 Å². The van der Waals surface area contributed by atoms with Crippen LogP contribution in [0.15, 0.2) is 83.3 Å². The third kappa shape index (κ3) is 5.39. The Hall–Kier alpha value is -2.69. The van der Waals surface area contributed by atoms with Crippen LogP contribution in [0, 0.1) is 0 Å². The first-order valence-electron chi connectivity index (χ1n) is 8.07. The van der Waals surface area contributed by atoms with Gasteiger partial charge in [0.15, 0.2) is 5.78 Å². The van der Waals surface area contributed by atoms with Crippen molar-refractivity contribution in [1.82, 2.24) is 0 Å². The van der Waals surface area contributed by atoms with Crippen LogP contribution < -0.4 is 4.74 Å². The zero-order chi connectivity index (χ0) is 19.2. The Labute approximate surface area is 170 Å². The van der Waals surface area contributed by atoms with Crippen molar-refractivity contribution in [3.8, 4) is 5.75 Å². The van der Waals surface area contributed by atoms with Crippen LogP contribution in [0.5, 0.6) is 5.75 Å². The highest BCUT2D eigenvalue weighted by Crippen LogP contribution is 2.18. The van der Waals surface area contributed by atoms with Crippen molar-refractivity contribution in [2.45, 2.75) is 0 Å². The zero-order valence-electron chi connectivity index (χ0n) is 14.1. The lowest BCUT2D eigenvalue weighted by molar-refractivity contribution is 0.0734. The predicted octanol–water partition coefficient (Wildman–Crippen LogP) is 6.22. The standard InChI is InChI=1S/C22H14BrClO3/c23-18-9-5-16(6-10-18)21(25)13-4-15-2-1-3-20(14-15)27-22(26)17-7-11-19(24)12-8-17/h1-14H/b13-4+. The molecule has 0 heterocycles. The molecule has 3 aromatic carbocycles. The van der Waals surface area contributed by atoms with Crippen LogP contribution in [-0.4, -0.2) is 11.8 Å². The summed E-state index contributed by atoms with van der Waals surface area (Å²) in [5, 5.41) is 0.550. The van der Waals surface area contributed by atoms with Gasteiger partial charge in [0.2, 0.25) is 0 Å². The number of allylic oxidation sites excluding steroid dienone is 1. The van der Waals surface area contributed by atoms with E-state index in [9.17, 15) is 9.59 Å². The number of halogens is 2. The topological polar surface area (TPSA) is 43.4 Å². The summed E-state index contributed by atoms with van der Waals surface area (Å²) in [7, 11) is 0. The quantitative estimate of drug-likeness (QED) is 0.204. The number of carbonyl (C=O) groups is 2. The van der Waals surface area contributed by atoms with Gasteiger partial charge in [-0.3, -0.25) is 4.79 Å². The minimum absolute atomic E-state index is 0.105. The van der Waals surface area contributed by atoms with Crippen molar-refractivity contribution in [3.63, 3.8) is 0 Å². The lowest BCUT2D eigenvalue weighted by Gasteiger charge is -2.05. The van der Waals surface area contributed by atoms with Crippen molar-refractivity contribution in [1.29, 1.82) is 0 Å². The SMILES string of the molecule is O=C(/C=C/c1cccc(OC(=O)c2ccc(Cl)cc2)c1)c1ccc(Br)cc1. The first-order valence-corrected chi connectivity index (χ1v) is 9.24. The van der Waals surface area contributed by atoms with E-state index in [0.29, 0.717) is 21.9 Å². The van der Waals surface area contributed by atoms with Gasteiger partial charge >= 0.3 is 5.97 Å². The summed E-state index contributed by atoms with van der Waals surface area (Å²) in [6.07, 6.45) is 3.17. The molecule has 0 saturated carbocycles. The van der Waals surface area contributed by atoms with Crippen molar-refractivity contribution in [2.75, 3.05) is 0 Å². The predicted molar refractivity (Wildman–Crippen MR) is 110 cm³/mol. The Morgan fingerprint density at radius 2 is 1.56 bits per heavy atom. The Morgan fingerprint density at radius 3 is 2.26 bits per heavy atom. The molecule has 3 rings (SSSR count). The maximum Gasteiger partial charge on any atom is 0.343 e. The number of ether oxygens (including phenoxy) is 1. The molecule has 3 aromatic rings. The van der Waals surface area contributed by atoms with E-state index in [1.54, 1.807) is 60.7 Å². The van der Waals surface area contributed by atoms with Crippen molar-refractivity contribution >= 4 is 45.4 Å². The molecule has 0 unspecified atom stereocenters. The van der Waals surface area contributed by atoms with E-state index in [0.717, 1.165) is 10.0 Å². The van der Waals surface area contributed by atoms with Gasteiger partial charge in [0.25, 0.3) is 0 Å². The molecule has 0 aliphatic rings. The molecule has 0 spiro atoms. The normalized spacial score (nSPS) is 10.7. The zero-order valence-corrected chi connectivity index (χ0v) is 16.4. The summed E-state index contributed by atoms with van der Waals surface area (Å²) >= 11 is 9.16. The van der Waals surface area contributed by atoms with Crippen molar-refractivity contribution in [2.24, 2.45) is 0 Å². The Morgan fingerprint density at radius 1 is 0.889 bits per heavy atom. The summed E-state index contributed by atoms with van der Waals surface area (Å²) in [6, 6.07) is 20.6. The number of carbonyl (C=O) groups excluding carboxylic acids is 2. The summed E-state index contributed by atoms with van der Waals surface area (Å²) in [6.45, 7) is 0. The monoisotopic (exact) mass is 440 g/mol. The van der Waals surface area contributed by atoms with Gasteiger partial charge in [-0.2, -0.15) is 0 Å². The minimum atomic E-state index is -0.473. The van der Waals surface area contributed by atoms with E-state index >= 15 is 0 Å². The fraction of sp³-hybridized carbons (Fsp3) is 0. The molecule has 0 aliphatic heterocycles. The van der Waals surface area contributed by atoms with E-state index in [-0.39, 0.29) is 5.78 Å². The van der Waals surface area contributed by atoms with Crippen LogP contribution in [-0.2, 0) is 0 Å². The van der Waals surface area contributed by atoms with Crippen LogP contribution >= 0.6 is 27.5 Å². The molecule has 3 nitrogen and oxygen atoms in total. The van der Waals surface area contributed by atoms with Gasteiger partial charge in [-0.05, 0) is 72.3 Å². The molecule has 0 bridgehead atoms. The molecule has 0 saturated heterocycles. The molecular weight excluding hydrogens is 428 g/mol. The molecule has 134 valence electrons. The molecule has 27 heavy (non-hydrogen) atoms. The molecule has 0 N–H and O–H groups in total. The Balaban J connectivity index is 1.69. The van der Waals surface area contributed by atoms with Gasteiger partial charge in [-0.1, -0.05) is 45.7 Å². The van der Waals surface area contributed by atoms with Gasteiger partial charge < -0.3 is 4.74 Å². The fourth-order valence-electron chi connectivity index (χ4n) is 2.32. The molecule has 0 amide bonds. The average Bonchev–Trinajstić information content (AvgIpc) is 2.67. The summed E-state index contributed by atoms with van der Waals surface area (Å²) in [5.74, 6) is -0.182. The second-order valence-electron chi connectivity index (χ2n) is 5.67. The fourth-order valence-corrected chi connectivity index (χ4v) is 2.71. The summed E-state index contributed by atoms with van der Waals surface area (Å²) in [4.78, 5) is 24.4. The number of ketones is 1. The first kappa shape index (κ1) is 19.1. The molecular formula is C22H14BrClO3.